The highest BCUT2D eigenvalue weighted by molar-refractivity contribution is 7.92. The lowest BCUT2D eigenvalue weighted by Gasteiger charge is -2.26. The Kier molecular flexibility index (Phi) is 3.56. The number of sulfone groups is 1. The molecule has 1 aliphatic rings. The van der Waals surface area contributed by atoms with Gasteiger partial charge in [0, 0.05) is 6.54 Å². The van der Waals surface area contributed by atoms with E-state index in [1.54, 1.807) is 13.8 Å². The fraction of sp³-hybridized carbons (Fsp3) is 0.667. The molecule has 0 atom stereocenters. The molecule has 0 N–H and O–H groups in total. The second-order valence-corrected chi connectivity index (χ2v) is 7.52. The van der Waals surface area contributed by atoms with Gasteiger partial charge in [0.2, 0.25) is 0 Å². The number of nitrogens with zero attached hydrogens (tertiary/aromatic N) is 2. The molecule has 0 bridgehead atoms. The van der Waals surface area contributed by atoms with Crippen molar-refractivity contribution in [1.29, 1.82) is 0 Å². The molecule has 2 rings (SSSR count). The van der Waals surface area contributed by atoms with Crippen molar-refractivity contribution < 1.29 is 13.2 Å². The zero-order valence-corrected chi connectivity index (χ0v) is 11.5. The van der Waals surface area contributed by atoms with Gasteiger partial charge >= 0.3 is 0 Å². The first-order valence-corrected chi connectivity index (χ1v) is 7.76. The van der Waals surface area contributed by atoms with Gasteiger partial charge in [0.15, 0.2) is 21.1 Å². The second-order valence-electron chi connectivity index (χ2n) is 5.10. The van der Waals surface area contributed by atoms with Gasteiger partial charge in [0.25, 0.3) is 0 Å². The molecule has 0 saturated heterocycles. The fourth-order valence-electron chi connectivity index (χ4n) is 2.05. The van der Waals surface area contributed by atoms with Gasteiger partial charge in [-0.15, -0.1) is 0 Å². The van der Waals surface area contributed by atoms with E-state index in [2.05, 4.69) is 5.10 Å². The van der Waals surface area contributed by atoms with Crippen LogP contribution in [0.1, 0.15) is 43.5 Å². The minimum Gasteiger partial charge on any atom is -0.298 e. The van der Waals surface area contributed by atoms with Gasteiger partial charge in [-0.25, -0.2) is 8.42 Å². The Morgan fingerprint density at radius 1 is 1.50 bits per heavy atom. The largest absolute Gasteiger partial charge is 0.298 e. The van der Waals surface area contributed by atoms with E-state index < -0.39 is 15.1 Å². The maximum Gasteiger partial charge on any atom is 0.198 e. The van der Waals surface area contributed by atoms with Crippen molar-refractivity contribution >= 4 is 16.1 Å². The van der Waals surface area contributed by atoms with Crippen LogP contribution in [0.5, 0.6) is 0 Å². The first kappa shape index (κ1) is 13.3. The molecule has 0 spiro atoms. The quantitative estimate of drug-likeness (QED) is 0.763. The minimum atomic E-state index is -3.47. The van der Waals surface area contributed by atoms with Gasteiger partial charge < -0.3 is 0 Å². The summed E-state index contributed by atoms with van der Waals surface area (Å²) in [5.74, 6) is 0.491. The second kappa shape index (κ2) is 4.84. The summed E-state index contributed by atoms with van der Waals surface area (Å²) in [7, 11) is -3.47. The van der Waals surface area contributed by atoms with Crippen LogP contribution in [0.25, 0.3) is 0 Å². The highest BCUT2D eigenvalue weighted by Crippen LogP contribution is 2.29. The molecule has 1 fully saturated rings. The van der Waals surface area contributed by atoms with E-state index in [0.717, 1.165) is 12.8 Å². The normalized spacial score (nSPS) is 16.8. The summed E-state index contributed by atoms with van der Waals surface area (Å²) in [5.41, 5.74) is 0.169. The molecule has 1 aromatic heterocycles. The molecule has 18 heavy (non-hydrogen) atoms. The summed E-state index contributed by atoms with van der Waals surface area (Å²) in [4.78, 5) is 11.0. The molecule has 5 nitrogen and oxygen atoms in total. The van der Waals surface area contributed by atoms with Gasteiger partial charge in [-0.05, 0) is 32.6 Å². The molecular formula is C12H18N2O3S. The monoisotopic (exact) mass is 270 g/mol. The molecule has 0 aromatic carbocycles. The fourth-order valence-corrected chi connectivity index (χ4v) is 3.35. The molecule has 0 amide bonds. The maximum absolute atomic E-state index is 12.3. The smallest absolute Gasteiger partial charge is 0.198 e. The first-order valence-electron chi connectivity index (χ1n) is 6.21. The number of carbonyl (C=O) groups excluding carboxylic acids is 1. The summed E-state index contributed by atoms with van der Waals surface area (Å²) in [6.07, 6.45) is 5.33. The number of aldehydes is 1. The van der Waals surface area contributed by atoms with Crippen molar-refractivity contribution in [3.05, 3.63) is 11.8 Å². The van der Waals surface area contributed by atoms with Crippen molar-refractivity contribution in [3.63, 3.8) is 0 Å². The number of carbonyl (C=O) groups is 1. The van der Waals surface area contributed by atoms with Crippen LogP contribution < -0.4 is 0 Å². The Bertz CT molecular complexity index is 542. The van der Waals surface area contributed by atoms with Crippen LogP contribution in [0.4, 0.5) is 0 Å². The first-order chi connectivity index (χ1) is 8.46. The maximum atomic E-state index is 12.3. The highest BCUT2D eigenvalue weighted by atomic mass is 32.2. The standard InChI is InChI=1S/C12H18N2O3S/c1-9(2)18(16,17)12-11(8-15)6-13-14(12)7-10-4-3-5-10/h6,8-10H,3-5,7H2,1-2H3. The Hall–Kier alpha value is -1.17. The summed E-state index contributed by atoms with van der Waals surface area (Å²) in [6.45, 7) is 3.82. The molecule has 100 valence electrons. The van der Waals surface area contributed by atoms with E-state index in [1.165, 1.54) is 17.3 Å². The average Bonchev–Trinajstić information content (AvgIpc) is 2.66. The van der Waals surface area contributed by atoms with E-state index >= 15 is 0 Å². The van der Waals surface area contributed by atoms with E-state index in [9.17, 15) is 13.2 Å². The zero-order valence-electron chi connectivity index (χ0n) is 10.7. The van der Waals surface area contributed by atoms with E-state index in [4.69, 9.17) is 0 Å². The van der Waals surface area contributed by atoms with Crippen LogP contribution in [-0.2, 0) is 16.4 Å². The van der Waals surface area contributed by atoms with E-state index in [-0.39, 0.29) is 10.6 Å². The summed E-state index contributed by atoms with van der Waals surface area (Å²) in [6, 6.07) is 0. The SMILES string of the molecule is CC(C)S(=O)(=O)c1c(C=O)cnn1CC1CCC1. The molecule has 0 aliphatic heterocycles. The average molecular weight is 270 g/mol. The third-order valence-electron chi connectivity index (χ3n) is 3.49. The van der Waals surface area contributed by atoms with Crippen molar-refractivity contribution in [3.8, 4) is 0 Å². The Morgan fingerprint density at radius 2 is 2.17 bits per heavy atom. The highest BCUT2D eigenvalue weighted by Gasteiger charge is 2.29. The summed E-state index contributed by atoms with van der Waals surface area (Å²) < 4.78 is 26.0. The zero-order chi connectivity index (χ0) is 13.3. The van der Waals surface area contributed by atoms with Crippen LogP contribution in [0.15, 0.2) is 11.2 Å². The summed E-state index contributed by atoms with van der Waals surface area (Å²) >= 11 is 0. The molecule has 1 aliphatic carbocycles. The van der Waals surface area contributed by atoms with Crippen LogP contribution in [-0.4, -0.2) is 29.7 Å². The van der Waals surface area contributed by atoms with Crippen LogP contribution in [0.3, 0.4) is 0 Å². The topological polar surface area (TPSA) is 69.0 Å². The predicted octanol–water partition coefficient (Wildman–Crippen LogP) is 1.68. The molecule has 6 heteroatoms. The summed E-state index contributed by atoms with van der Waals surface area (Å²) in [5, 5.41) is 3.60. The van der Waals surface area contributed by atoms with Gasteiger partial charge in [-0.3, -0.25) is 9.48 Å². The number of rotatable bonds is 5. The Morgan fingerprint density at radius 3 is 2.61 bits per heavy atom. The van der Waals surface area contributed by atoms with Crippen molar-refractivity contribution in [2.24, 2.45) is 5.92 Å². The van der Waals surface area contributed by atoms with Crippen LogP contribution >= 0.6 is 0 Å². The van der Waals surface area contributed by atoms with Gasteiger partial charge in [-0.2, -0.15) is 5.10 Å². The Balaban J connectivity index is 2.42. The molecular weight excluding hydrogens is 252 g/mol. The van der Waals surface area contributed by atoms with Crippen molar-refractivity contribution in [2.75, 3.05) is 0 Å². The van der Waals surface area contributed by atoms with Gasteiger partial charge in [0.1, 0.15) is 0 Å². The lowest BCUT2D eigenvalue weighted by Crippen LogP contribution is -2.24. The van der Waals surface area contributed by atoms with Crippen LogP contribution in [0, 0.1) is 5.92 Å². The Labute approximate surface area is 107 Å². The third kappa shape index (κ3) is 2.21. The molecule has 1 aromatic rings. The number of hydrogen-bond acceptors (Lipinski definition) is 4. The third-order valence-corrected chi connectivity index (χ3v) is 5.72. The van der Waals surface area contributed by atoms with Crippen LogP contribution in [0.2, 0.25) is 0 Å². The lowest BCUT2D eigenvalue weighted by atomic mass is 9.85. The number of aromatic nitrogens is 2. The molecule has 0 unspecified atom stereocenters. The van der Waals surface area contributed by atoms with Crippen molar-refractivity contribution in [1.82, 2.24) is 9.78 Å². The van der Waals surface area contributed by atoms with Gasteiger partial charge in [-0.1, -0.05) is 6.42 Å². The minimum absolute atomic E-state index is 0.0828. The predicted molar refractivity (Wildman–Crippen MR) is 67.3 cm³/mol. The van der Waals surface area contributed by atoms with E-state index in [1.807, 2.05) is 0 Å². The lowest BCUT2D eigenvalue weighted by molar-refractivity contribution is 0.111. The van der Waals surface area contributed by atoms with Gasteiger partial charge in [0.05, 0.1) is 17.0 Å². The van der Waals surface area contributed by atoms with E-state index in [0.29, 0.717) is 18.7 Å². The molecule has 1 heterocycles. The molecule has 0 radical (unpaired) electrons. The van der Waals surface area contributed by atoms with Crippen molar-refractivity contribution in [2.45, 2.75) is 49.9 Å². The molecule has 1 saturated carbocycles. The number of hydrogen-bond donors (Lipinski definition) is 0.